The molecule has 1 saturated heterocycles. The van der Waals surface area contributed by atoms with Gasteiger partial charge in [-0.1, -0.05) is 18.2 Å². The van der Waals surface area contributed by atoms with Gasteiger partial charge in [-0.05, 0) is 44.8 Å². The number of amides is 1. The van der Waals surface area contributed by atoms with Crippen LogP contribution in [0.25, 0.3) is 10.9 Å². The van der Waals surface area contributed by atoms with Crippen LogP contribution >= 0.6 is 0 Å². The smallest absolute Gasteiger partial charge is 0.223 e. The van der Waals surface area contributed by atoms with E-state index in [1.54, 1.807) is 6.20 Å². The average Bonchev–Trinajstić information content (AvgIpc) is 3.06. The van der Waals surface area contributed by atoms with Crippen molar-refractivity contribution in [2.75, 3.05) is 40.8 Å². The Hall–Kier alpha value is -1.98. The van der Waals surface area contributed by atoms with Gasteiger partial charge in [-0.25, -0.2) is 0 Å². The molecular formula is C20H28N4O. The van der Waals surface area contributed by atoms with Crippen molar-refractivity contribution >= 4 is 16.8 Å². The Balaban J connectivity index is 1.55. The molecule has 0 radical (unpaired) electrons. The molecule has 1 unspecified atom stereocenters. The number of nitrogens with zero attached hydrogens (tertiary/aromatic N) is 4. The Labute approximate surface area is 150 Å². The summed E-state index contributed by atoms with van der Waals surface area (Å²) in [6, 6.07) is 10.7. The molecule has 2 aromatic rings. The summed E-state index contributed by atoms with van der Waals surface area (Å²) in [5.74, 6) is 0.194. The lowest BCUT2D eigenvalue weighted by Gasteiger charge is -2.25. The molecule has 5 heteroatoms. The Kier molecular flexibility index (Phi) is 5.66. The summed E-state index contributed by atoms with van der Waals surface area (Å²) in [6.45, 7) is 3.69. The van der Waals surface area contributed by atoms with E-state index in [9.17, 15) is 4.79 Å². The first kappa shape index (κ1) is 17.8. The molecule has 1 aliphatic rings. The van der Waals surface area contributed by atoms with Crippen LogP contribution in [0.15, 0.2) is 36.5 Å². The van der Waals surface area contributed by atoms with Crippen LogP contribution in [-0.2, 0) is 11.3 Å². The van der Waals surface area contributed by atoms with Gasteiger partial charge >= 0.3 is 0 Å². The quantitative estimate of drug-likeness (QED) is 0.808. The predicted molar refractivity (Wildman–Crippen MR) is 101 cm³/mol. The van der Waals surface area contributed by atoms with Gasteiger partial charge in [0.05, 0.1) is 5.52 Å². The largest absolute Gasteiger partial charge is 0.341 e. The zero-order chi connectivity index (χ0) is 17.8. The molecule has 1 fully saturated rings. The molecule has 1 amide bonds. The maximum Gasteiger partial charge on any atom is 0.223 e. The Morgan fingerprint density at radius 2 is 2.12 bits per heavy atom. The van der Waals surface area contributed by atoms with Gasteiger partial charge in [0, 0.05) is 50.7 Å². The van der Waals surface area contributed by atoms with E-state index in [1.165, 1.54) is 6.42 Å². The van der Waals surface area contributed by atoms with Crippen LogP contribution in [0.2, 0.25) is 0 Å². The van der Waals surface area contributed by atoms with Gasteiger partial charge < -0.3 is 14.7 Å². The zero-order valence-corrected chi connectivity index (χ0v) is 15.5. The minimum Gasteiger partial charge on any atom is -0.341 e. The third-order valence-electron chi connectivity index (χ3n) is 5.24. The summed E-state index contributed by atoms with van der Waals surface area (Å²) < 4.78 is 0. The highest BCUT2D eigenvalue weighted by Crippen LogP contribution is 2.18. The lowest BCUT2D eigenvalue weighted by Crippen LogP contribution is -2.37. The van der Waals surface area contributed by atoms with Crippen molar-refractivity contribution in [1.29, 1.82) is 0 Å². The van der Waals surface area contributed by atoms with Crippen LogP contribution < -0.4 is 0 Å². The molecule has 1 aromatic carbocycles. The summed E-state index contributed by atoms with van der Waals surface area (Å²) in [7, 11) is 6.18. The van der Waals surface area contributed by atoms with Crippen molar-refractivity contribution in [1.82, 2.24) is 19.7 Å². The number of carbonyl (C=O) groups is 1. The number of rotatable bonds is 6. The molecule has 1 aliphatic heterocycles. The fraction of sp³-hybridized carbons (Fsp3) is 0.500. The number of likely N-dealkylation sites (N-methyl/N-ethyl adjacent to an activating group) is 2. The third kappa shape index (κ3) is 4.35. The van der Waals surface area contributed by atoms with Gasteiger partial charge in [0.1, 0.15) is 0 Å². The molecule has 2 heterocycles. The third-order valence-corrected chi connectivity index (χ3v) is 5.24. The summed E-state index contributed by atoms with van der Waals surface area (Å²) in [6.07, 6.45) is 3.56. The van der Waals surface area contributed by atoms with E-state index in [0.29, 0.717) is 19.0 Å². The lowest BCUT2D eigenvalue weighted by molar-refractivity contribution is -0.130. The van der Waals surface area contributed by atoms with Crippen molar-refractivity contribution in [3.63, 3.8) is 0 Å². The number of hydrogen-bond acceptors (Lipinski definition) is 4. The van der Waals surface area contributed by atoms with Crippen molar-refractivity contribution in [3.8, 4) is 0 Å². The zero-order valence-electron chi connectivity index (χ0n) is 15.5. The van der Waals surface area contributed by atoms with E-state index in [2.05, 4.69) is 41.0 Å². The van der Waals surface area contributed by atoms with Gasteiger partial charge in [0.25, 0.3) is 0 Å². The van der Waals surface area contributed by atoms with Crippen LogP contribution in [0.3, 0.4) is 0 Å². The number of benzene rings is 1. The van der Waals surface area contributed by atoms with Crippen LogP contribution in [0.4, 0.5) is 0 Å². The maximum atomic E-state index is 12.5. The highest BCUT2D eigenvalue weighted by atomic mass is 16.2. The molecule has 0 aliphatic carbocycles. The van der Waals surface area contributed by atoms with Crippen LogP contribution in [0.1, 0.15) is 18.4 Å². The number of fused-ring (bicyclic) bond motifs is 1. The molecule has 0 N–H and O–H groups in total. The molecule has 0 bridgehead atoms. The Morgan fingerprint density at radius 3 is 2.88 bits per heavy atom. The molecule has 0 spiro atoms. The molecule has 3 rings (SSSR count). The molecular weight excluding hydrogens is 312 g/mol. The fourth-order valence-electron chi connectivity index (χ4n) is 3.57. The van der Waals surface area contributed by atoms with Gasteiger partial charge in [-0.3, -0.25) is 9.78 Å². The van der Waals surface area contributed by atoms with E-state index in [-0.39, 0.29) is 5.91 Å². The number of hydrogen-bond donors (Lipinski definition) is 0. The highest BCUT2D eigenvalue weighted by molar-refractivity contribution is 5.83. The fourth-order valence-corrected chi connectivity index (χ4v) is 3.57. The Morgan fingerprint density at radius 1 is 1.28 bits per heavy atom. The topological polar surface area (TPSA) is 39.7 Å². The Bertz CT molecular complexity index is 727. The number of aromatic nitrogens is 1. The summed E-state index contributed by atoms with van der Waals surface area (Å²) in [5.41, 5.74) is 2.12. The standard InChI is InChI=1S/C20H28N4O/c1-22-12-9-17(15-22)23(2)13-10-20(25)24(3)14-16-6-4-8-19-18(16)7-5-11-21-19/h4-8,11,17H,9-10,12-15H2,1-3H3. The summed E-state index contributed by atoms with van der Waals surface area (Å²) in [4.78, 5) is 23.4. The molecule has 134 valence electrons. The van der Waals surface area contributed by atoms with E-state index in [4.69, 9.17) is 0 Å². The van der Waals surface area contributed by atoms with E-state index in [1.807, 2.05) is 30.1 Å². The normalized spacial score (nSPS) is 18.2. The van der Waals surface area contributed by atoms with Crippen molar-refractivity contribution in [2.24, 2.45) is 0 Å². The second kappa shape index (κ2) is 7.93. The molecule has 25 heavy (non-hydrogen) atoms. The molecule has 1 atom stereocenters. The average molecular weight is 340 g/mol. The minimum absolute atomic E-state index is 0.194. The van der Waals surface area contributed by atoms with Crippen molar-refractivity contribution < 1.29 is 4.79 Å². The monoisotopic (exact) mass is 340 g/mol. The molecule has 1 aromatic heterocycles. The van der Waals surface area contributed by atoms with E-state index >= 15 is 0 Å². The number of pyridine rings is 1. The van der Waals surface area contributed by atoms with E-state index in [0.717, 1.165) is 36.1 Å². The highest BCUT2D eigenvalue weighted by Gasteiger charge is 2.23. The second-order valence-corrected chi connectivity index (χ2v) is 7.17. The second-order valence-electron chi connectivity index (χ2n) is 7.17. The molecule has 5 nitrogen and oxygen atoms in total. The van der Waals surface area contributed by atoms with Gasteiger partial charge in [-0.2, -0.15) is 0 Å². The first-order valence-corrected chi connectivity index (χ1v) is 9.00. The van der Waals surface area contributed by atoms with Crippen LogP contribution in [0, 0.1) is 0 Å². The number of carbonyl (C=O) groups excluding carboxylic acids is 1. The van der Waals surface area contributed by atoms with Crippen LogP contribution in [-0.4, -0.2) is 72.4 Å². The number of likely N-dealkylation sites (tertiary alicyclic amines) is 1. The maximum absolute atomic E-state index is 12.5. The lowest BCUT2D eigenvalue weighted by atomic mass is 10.1. The summed E-state index contributed by atoms with van der Waals surface area (Å²) >= 11 is 0. The van der Waals surface area contributed by atoms with Gasteiger partial charge in [-0.15, -0.1) is 0 Å². The van der Waals surface area contributed by atoms with E-state index < -0.39 is 0 Å². The molecule has 0 saturated carbocycles. The summed E-state index contributed by atoms with van der Waals surface area (Å²) in [5, 5.41) is 1.12. The van der Waals surface area contributed by atoms with Crippen molar-refractivity contribution in [2.45, 2.75) is 25.4 Å². The van der Waals surface area contributed by atoms with Gasteiger partial charge in [0.2, 0.25) is 5.91 Å². The van der Waals surface area contributed by atoms with Gasteiger partial charge in [0.15, 0.2) is 0 Å². The minimum atomic E-state index is 0.194. The predicted octanol–water partition coefficient (Wildman–Crippen LogP) is 2.22. The van der Waals surface area contributed by atoms with Crippen LogP contribution in [0.5, 0.6) is 0 Å². The van der Waals surface area contributed by atoms with Crippen molar-refractivity contribution in [3.05, 3.63) is 42.1 Å². The SMILES string of the molecule is CN1CCC(N(C)CCC(=O)N(C)Cc2cccc3ncccc23)C1. The first-order chi connectivity index (χ1) is 12.0. The first-order valence-electron chi connectivity index (χ1n) is 9.00.